The molecule has 4 nitrogen and oxygen atoms in total. The number of benzene rings is 3. The maximum absolute atomic E-state index is 14.0. The largest absolute Gasteiger partial charge is 0.488 e. The molecular formula is C27H22F5NO3. The first-order chi connectivity index (χ1) is 17.2. The van der Waals surface area contributed by atoms with Crippen molar-refractivity contribution in [3.63, 3.8) is 0 Å². The molecule has 0 fully saturated rings. The maximum atomic E-state index is 14.0. The fourth-order valence-corrected chi connectivity index (χ4v) is 3.97. The molecule has 0 bridgehead atoms. The van der Waals surface area contributed by atoms with Crippen LogP contribution in [0.25, 0.3) is 6.08 Å². The van der Waals surface area contributed by atoms with E-state index >= 15 is 0 Å². The minimum absolute atomic E-state index is 0.0651. The molecule has 36 heavy (non-hydrogen) atoms. The number of ether oxygens (including phenoxy) is 2. The van der Waals surface area contributed by atoms with Crippen LogP contribution in [0.3, 0.4) is 0 Å². The molecule has 0 aliphatic carbocycles. The van der Waals surface area contributed by atoms with E-state index in [2.05, 4.69) is 18.7 Å². The lowest BCUT2D eigenvalue weighted by atomic mass is 10.1. The maximum Gasteiger partial charge on any atom is 0.231 e. The molecular weight excluding hydrogens is 481 g/mol. The molecule has 0 saturated heterocycles. The number of hydrogen-bond acceptors (Lipinski definition) is 4. The highest BCUT2D eigenvalue weighted by atomic mass is 19.2. The molecule has 4 rings (SSSR count). The van der Waals surface area contributed by atoms with Crippen LogP contribution in [0, 0.1) is 36.0 Å². The van der Waals surface area contributed by atoms with Gasteiger partial charge in [0.2, 0.25) is 11.6 Å². The van der Waals surface area contributed by atoms with Crippen molar-refractivity contribution in [2.45, 2.75) is 27.4 Å². The van der Waals surface area contributed by atoms with E-state index in [1.807, 2.05) is 24.3 Å². The normalized spacial score (nSPS) is 13.7. The Hall–Kier alpha value is -3.88. The highest BCUT2D eigenvalue weighted by molar-refractivity contribution is 6.15. The van der Waals surface area contributed by atoms with Crippen LogP contribution in [-0.4, -0.2) is 18.9 Å². The van der Waals surface area contributed by atoms with E-state index in [0.29, 0.717) is 5.56 Å². The molecule has 3 aromatic rings. The molecule has 9 heteroatoms. The monoisotopic (exact) mass is 503 g/mol. The quantitative estimate of drug-likeness (QED) is 0.155. The number of allylic oxidation sites excluding steroid dienone is 1. The Kier molecular flexibility index (Phi) is 7.01. The van der Waals surface area contributed by atoms with Gasteiger partial charge in [-0.1, -0.05) is 12.1 Å². The molecule has 0 spiro atoms. The molecule has 0 unspecified atom stereocenters. The summed E-state index contributed by atoms with van der Waals surface area (Å²) in [6, 6.07) is 10.4. The van der Waals surface area contributed by atoms with Gasteiger partial charge in [-0.15, -0.1) is 0 Å². The first kappa shape index (κ1) is 25.2. The third-order valence-electron chi connectivity index (χ3n) is 6.03. The van der Waals surface area contributed by atoms with Gasteiger partial charge in [-0.05, 0) is 56.7 Å². The van der Waals surface area contributed by atoms with Gasteiger partial charge in [-0.3, -0.25) is 4.79 Å². The van der Waals surface area contributed by atoms with Crippen LogP contribution in [0.5, 0.6) is 11.5 Å². The zero-order chi connectivity index (χ0) is 26.1. The Morgan fingerprint density at radius 2 is 1.44 bits per heavy atom. The number of carbonyl (C=O) groups excluding carboxylic acids is 1. The van der Waals surface area contributed by atoms with Gasteiger partial charge in [0.25, 0.3) is 0 Å². The summed E-state index contributed by atoms with van der Waals surface area (Å²) in [7, 11) is 0. The van der Waals surface area contributed by atoms with Crippen LogP contribution in [0.1, 0.15) is 40.9 Å². The van der Waals surface area contributed by atoms with Gasteiger partial charge in [0.15, 0.2) is 29.0 Å². The Morgan fingerprint density at radius 3 is 2.03 bits per heavy atom. The van der Waals surface area contributed by atoms with Gasteiger partial charge in [0, 0.05) is 24.3 Å². The second kappa shape index (κ2) is 10.0. The van der Waals surface area contributed by atoms with Crippen LogP contribution in [0.15, 0.2) is 42.2 Å². The van der Waals surface area contributed by atoms with E-state index in [1.165, 1.54) is 12.1 Å². The second-order valence-corrected chi connectivity index (χ2v) is 8.11. The third-order valence-corrected chi connectivity index (χ3v) is 6.03. The standard InChI is InChI=1S/C27H22F5NO3/c1-4-33(5-2)16-8-6-15(7-9-16)12-20-26(34)17-10-11-19(14(3)27(17)36-20)35-13-18-21(28)23(30)25(32)24(31)22(18)29/h6-12H,4-5,13H2,1-3H3/b20-12-. The van der Waals surface area contributed by atoms with Crippen molar-refractivity contribution >= 4 is 17.5 Å². The second-order valence-electron chi connectivity index (χ2n) is 8.11. The SMILES string of the molecule is CCN(CC)c1ccc(/C=C2\Oc3c(ccc(OCc4c(F)c(F)c(F)c(F)c4F)c3C)C2=O)cc1. The lowest BCUT2D eigenvalue weighted by molar-refractivity contribution is 0.101. The fraction of sp³-hybridized carbons (Fsp3) is 0.222. The zero-order valence-electron chi connectivity index (χ0n) is 19.7. The number of rotatable bonds is 7. The number of fused-ring (bicyclic) bond motifs is 1. The van der Waals surface area contributed by atoms with Gasteiger partial charge in [-0.25, -0.2) is 22.0 Å². The lowest BCUT2D eigenvalue weighted by Crippen LogP contribution is -2.21. The van der Waals surface area contributed by atoms with E-state index in [1.54, 1.807) is 13.0 Å². The molecule has 1 aliphatic rings. The summed E-state index contributed by atoms with van der Waals surface area (Å²) in [5, 5.41) is 0. The Balaban J connectivity index is 1.56. The van der Waals surface area contributed by atoms with Gasteiger partial charge in [0.05, 0.1) is 11.1 Å². The number of ketones is 1. The number of anilines is 1. The van der Waals surface area contributed by atoms with Gasteiger partial charge >= 0.3 is 0 Å². The molecule has 0 amide bonds. The number of carbonyl (C=O) groups is 1. The van der Waals surface area contributed by atoms with Crippen molar-refractivity contribution in [3.8, 4) is 11.5 Å². The summed E-state index contributed by atoms with van der Waals surface area (Å²) in [6.45, 7) is 6.49. The summed E-state index contributed by atoms with van der Waals surface area (Å²) in [5.41, 5.74) is 1.31. The molecule has 0 saturated carbocycles. The first-order valence-electron chi connectivity index (χ1n) is 11.2. The average Bonchev–Trinajstić information content (AvgIpc) is 3.20. The van der Waals surface area contributed by atoms with Crippen molar-refractivity contribution in [1.82, 2.24) is 0 Å². The van der Waals surface area contributed by atoms with Crippen LogP contribution in [0.4, 0.5) is 27.6 Å². The van der Waals surface area contributed by atoms with Crippen molar-refractivity contribution in [2.24, 2.45) is 0 Å². The van der Waals surface area contributed by atoms with Gasteiger partial charge < -0.3 is 14.4 Å². The van der Waals surface area contributed by atoms with Crippen LogP contribution in [0.2, 0.25) is 0 Å². The van der Waals surface area contributed by atoms with E-state index in [9.17, 15) is 26.7 Å². The summed E-state index contributed by atoms with van der Waals surface area (Å²) in [6.07, 6.45) is 1.60. The summed E-state index contributed by atoms with van der Waals surface area (Å²) in [4.78, 5) is 15.0. The molecule has 0 aromatic heterocycles. The number of hydrogen-bond donors (Lipinski definition) is 0. The van der Waals surface area contributed by atoms with Crippen molar-refractivity contribution in [3.05, 3.63) is 93.5 Å². The number of halogens is 5. The predicted octanol–water partition coefficient (Wildman–Crippen LogP) is 6.73. The fourth-order valence-electron chi connectivity index (χ4n) is 3.97. The molecule has 1 heterocycles. The van der Waals surface area contributed by atoms with E-state index in [4.69, 9.17) is 9.47 Å². The van der Waals surface area contributed by atoms with Crippen LogP contribution < -0.4 is 14.4 Å². The molecule has 0 radical (unpaired) electrons. The van der Waals surface area contributed by atoms with Gasteiger partial charge in [-0.2, -0.15) is 0 Å². The Morgan fingerprint density at radius 1 is 0.861 bits per heavy atom. The number of nitrogens with zero attached hydrogens (tertiary/aromatic N) is 1. The zero-order valence-corrected chi connectivity index (χ0v) is 19.7. The highest BCUT2D eigenvalue weighted by Crippen LogP contribution is 2.40. The molecule has 0 N–H and O–H groups in total. The molecule has 3 aromatic carbocycles. The number of Topliss-reactive ketones (excluding diaryl/α,β-unsaturated/α-hetero) is 1. The molecule has 0 atom stereocenters. The predicted molar refractivity (Wildman–Crippen MR) is 125 cm³/mol. The minimum atomic E-state index is -2.24. The molecule has 1 aliphatic heterocycles. The van der Waals surface area contributed by atoms with Crippen molar-refractivity contribution in [1.29, 1.82) is 0 Å². The minimum Gasteiger partial charge on any atom is -0.488 e. The summed E-state index contributed by atoms with van der Waals surface area (Å²) in [5.74, 6) is -10.3. The lowest BCUT2D eigenvalue weighted by Gasteiger charge is -2.20. The average molecular weight is 503 g/mol. The van der Waals surface area contributed by atoms with E-state index in [0.717, 1.165) is 24.3 Å². The van der Waals surface area contributed by atoms with E-state index < -0.39 is 41.3 Å². The Labute approximate surface area is 204 Å². The Bertz CT molecular complexity index is 1340. The van der Waals surface area contributed by atoms with Crippen molar-refractivity contribution < 1.29 is 36.2 Å². The van der Waals surface area contributed by atoms with Crippen LogP contribution >= 0.6 is 0 Å². The highest BCUT2D eigenvalue weighted by Gasteiger charge is 2.31. The smallest absolute Gasteiger partial charge is 0.231 e. The van der Waals surface area contributed by atoms with Crippen LogP contribution in [-0.2, 0) is 6.61 Å². The summed E-state index contributed by atoms with van der Waals surface area (Å²) >= 11 is 0. The third kappa shape index (κ3) is 4.41. The van der Waals surface area contributed by atoms with E-state index in [-0.39, 0.29) is 28.6 Å². The first-order valence-corrected chi connectivity index (χ1v) is 11.2. The van der Waals surface area contributed by atoms with Crippen molar-refractivity contribution in [2.75, 3.05) is 18.0 Å². The summed E-state index contributed by atoms with van der Waals surface area (Å²) < 4.78 is 79.3. The van der Waals surface area contributed by atoms with Gasteiger partial charge in [0.1, 0.15) is 18.1 Å². The molecule has 188 valence electrons. The topological polar surface area (TPSA) is 38.8 Å².